The average Bonchev–Trinajstić information content (AvgIpc) is 2.84. The third-order valence-corrected chi connectivity index (χ3v) is 5.64. The number of benzene rings is 2. The minimum atomic E-state index is 0. The van der Waals surface area contributed by atoms with E-state index in [1.807, 2.05) is 24.3 Å². The number of carbonyl (C=O) groups is 1. The molecule has 3 rings (SSSR count). The molecular weight excluding hydrogens is 529 g/mol. The van der Waals surface area contributed by atoms with Crippen molar-refractivity contribution in [3.63, 3.8) is 0 Å². The SMILES string of the molecule is CN=C(NCCc1cccc(C(=O)N(C)C)c1)NCC(c1ccccc1)N1CCOCC1.I. The highest BCUT2D eigenvalue weighted by Gasteiger charge is 2.22. The van der Waals surface area contributed by atoms with E-state index in [1.165, 1.54) is 5.56 Å². The summed E-state index contributed by atoms with van der Waals surface area (Å²) in [6.07, 6.45) is 0.806. The van der Waals surface area contributed by atoms with Crippen LogP contribution in [0.15, 0.2) is 59.6 Å². The predicted molar refractivity (Wildman–Crippen MR) is 145 cm³/mol. The van der Waals surface area contributed by atoms with Crippen LogP contribution >= 0.6 is 24.0 Å². The van der Waals surface area contributed by atoms with E-state index < -0.39 is 0 Å². The molecule has 0 spiro atoms. The molecule has 8 heteroatoms. The Balaban J connectivity index is 0.00000385. The molecule has 0 saturated carbocycles. The van der Waals surface area contributed by atoms with Crippen LogP contribution in [0.3, 0.4) is 0 Å². The number of guanidine groups is 1. The number of hydrogen-bond acceptors (Lipinski definition) is 4. The third-order valence-electron chi connectivity index (χ3n) is 5.64. The predicted octanol–water partition coefficient (Wildman–Crippen LogP) is 2.79. The van der Waals surface area contributed by atoms with Crippen molar-refractivity contribution in [3.05, 3.63) is 71.3 Å². The molecule has 0 aliphatic carbocycles. The van der Waals surface area contributed by atoms with Gasteiger partial charge in [-0.2, -0.15) is 0 Å². The zero-order valence-corrected chi connectivity index (χ0v) is 22.1. The standard InChI is InChI=1S/C25H35N5O2.HI/c1-26-25(27-13-12-20-8-7-11-22(18-20)24(31)29(2)3)28-19-23(21-9-5-4-6-10-21)30-14-16-32-17-15-30;/h4-11,18,23H,12-17,19H2,1-3H3,(H2,26,27,28);1H. The lowest BCUT2D eigenvalue weighted by Gasteiger charge is -2.35. The zero-order valence-electron chi connectivity index (χ0n) is 19.8. The first kappa shape index (κ1) is 27.1. The van der Waals surface area contributed by atoms with Gasteiger partial charge in [-0.05, 0) is 29.7 Å². The van der Waals surface area contributed by atoms with Crippen molar-refractivity contribution in [2.24, 2.45) is 4.99 Å². The number of rotatable bonds is 8. The van der Waals surface area contributed by atoms with Crippen molar-refractivity contribution >= 4 is 35.8 Å². The fourth-order valence-corrected chi connectivity index (χ4v) is 3.88. The van der Waals surface area contributed by atoms with E-state index in [4.69, 9.17) is 4.74 Å². The number of amides is 1. The van der Waals surface area contributed by atoms with Crippen LogP contribution in [0.25, 0.3) is 0 Å². The van der Waals surface area contributed by atoms with Gasteiger partial charge in [0.15, 0.2) is 5.96 Å². The molecule has 1 fully saturated rings. The van der Waals surface area contributed by atoms with Crippen molar-refractivity contribution in [2.75, 3.05) is 60.5 Å². The Labute approximate surface area is 214 Å². The highest BCUT2D eigenvalue weighted by molar-refractivity contribution is 14.0. The van der Waals surface area contributed by atoms with Gasteiger partial charge >= 0.3 is 0 Å². The van der Waals surface area contributed by atoms with Gasteiger partial charge in [0.05, 0.1) is 19.3 Å². The fraction of sp³-hybridized carbons (Fsp3) is 0.440. The van der Waals surface area contributed by atoms with E-state index in [-0.39, 0.29) is 35.9 Å². The summed E-state index contributed by atoms with van der Waals surface area (Å²) in [5, 5.41) is 6.89. The van der Waals surface area contributed by atoms with Crippen LogP contribution < -0.4 is 10.6 Å². The Bertz CT molecular complexity index is 885. The van der Waals surface area contributed by atoms with Gasteiger partial charge in [0.1, 0.15) is 0 Å². The van der Waals surface area contributed by atoms with Crippen molar-refractivity contribution < 1.29 is 9.53 Å². The molecule has 1 aliphatic rings. The quantitative estimate of drug-likeness (QED) is 0.293. The summed E-state index contributed by atoms with van der Waals surface area (Å²) < 4.78 is 5.54. The van der Waals surface area contributed by atoms with Crippen LogP contribution in [0, 0.1) is 0 Å². The largest absolute Gasteiger partial charge is 0.379 e. The third kappa shape index (κ3) is 8.28. The van der Waals surface area contributed by atoms with Crippen LogP contribution in [-0.4, -0.2) is 82.2 Å². The molecule has 180 valence electrons. The zero-order chi connectivity index (χ0) is 22.8. The second-order valence-corrected chi connectivity index (χ2v) is 8.10. The Hall–Kier alpha value is -2.17. The maximum Gasteiger partial charge on any atom is 0.253 e. The minimum Gasteiger partial charge on any atom is -0.379 e. The lowest BCUT2D eigenvalue weighted by Crippen LogP contribution is -2.46. The van der Waals surface area contributed by atoms with Crippen LogP contribution in [0.5, 0.6) is 0 Å². The lowest BCUT2D eigenvalue weighted by atomic mass is 10.0. The van der Waals surface area contributed by atoms with Gasteiger partial charge in [0, 0.05) is 52.9 Å². The number of morpholine rings is 1. The Morgan fingerprint density at radius 1 is 1.09 bits per heavy atom. The smallest absolute Gasteiger partial charge is 0.253 e. The summed E-state index contributed by atoms with van der Waals surface area (Å²) >= 11 is 0. The molecule has 0 bridgehead atoms. The van der Waals surface area contributed by atoms with Gasteiger partial charge in [0.2, 0.25) is 0 Å². The molecule has 7 nitrogen and oxygen atoms in total. The van der Waals surface area contributed by atoms with Gasteiger partial charge in [0.25, 0.3) is 5.91 Å². The second kappa shape index (κ2) is 14.2. The summed E-state index contributed by atoms with van der Waals surface area (Å²) in [6, 6.07) is 18.6. The van der Waals surface area contributed by atoms with Gasteiger partial charge in [-0.15, -0.1) is 24.0 Å². The Kier molecular flexibility index (Phi) is 11.6. The van der Waals surface area contributed by atoms with Crippen molar-refractivity contribution in [2.45, 2.75) is 12.5 Å². The van der Waals surface area contributed by atoms with Gasteiger partial charge < -0.3 is 20.3 Å². The molecule has 1 heterocycles. The van der Waals surface area contributed by atoms with Crippen molar-refractivity contribution in [3.8, 4) is 0 Å². The van der Waals surface area contributed by atoms with Gasteiger partial charge in [-0.1, -0.05) is 42.5 Å². The highest BCUT2D eigenvalue weighted by atomic mass is 127. The van der Waals surface area contributed by atoms with Crippen molar-refractivity contribution in [1.82, 2.24) is 20.4 Å². The number of aliphatic imine (C=N–C) groups is 1. The molecule has 0 radical (unpaired) electrons. The van der Waals surface area contributed by atoms with E-state index >= 15 is 0 Å². The average molecular weight is 566 g/mol. The normalized spacial score (nSPS) is 15.3. The molecule has 2 aromatic rings. The molecular formula is C25H36IN5O2. The van der Waals surface area contributed by atoms with Crippen molar-refractivity contribution in [1.29, 1.82) is 0 Å². The van der Waals surface area contributed by atoms with Crippen LogP contribution in [-0.2, 0) is 11.2 Å². The Morgan fingerprint density at radius 3 is 2.48 bits per heavy atom. The number of halogens is 1. The summed E-state index contributed by atoms with van der Waals surface area (Å²) in [5.74, 6) is 0.798. The molecule has 2 N–H and O–H groups in total. The number of carbonyl (C=O) groups excluding carboxylic acids is 1. The van der Waals surface area contributed by atoms with Crippen LogP contribution in [0.4, 0.5) is 0 Å². The summed E-state index contributed by atoms with van der Waals surface area (Å²) in [6.45, 7) is 4.88. The molecule has 1 atom stereocenters. The van der Waals surface area contributed by atoms with Crippen LogP contribution in [0.2, 0.25) is 0 Å². The maximum absolute atomic E-state index is 12.2. The molecule has 1 unspecified atom stereocenters. The topological polar surface area (TPSA) is 69.2 Å². The van der Waals surface area contributed by atoms with Gasteiger partial charge in [-0.25, -0.2) is 0 Å². The lowest BCUT2D eigenvalue weighted by molar-refractivity contribution is 0.0170. The molecule has 1 aliphatic heterocycles. The minimum absolute atomic E-state index is 0. The number of hydrogen-bond donors (Lipinski definition) is 2. The van der Waals surface area contributed by atoms with E-state index in [2.05, 4.69) is 50.9 Å². The second-order valence-electron chi connectivity index (χ2n) is 8.10. The first-order valence-electron chi connectivity index (χ1n) is 11.2. The van der Waals surface area contributed by atoms with E-state index in [9.17, 15) is 4.79 Å². The monoisotopic (exact) mass is 565 g/mol. The summed E-state index contributed by atoms with van der Waals surface area (Å²) in [5.41, 5.74) is 3.13. The molecule has 1 amide bonds. The number of nitrogens with one attached hydrogen (secondary N) is 2. The molecule has 2 aromatic carbocycles. The highest BCUT2D eigenvalue weighted by Crippen LogP contribution is 2.21. The first-order valence-corrected chi connectivity index (χ1v) is 11.2. The van der Waals surface area contributed by atoms with Gasteiger partial charge in [-0.3, -0.25) is 14.7 Å². The Morgan fingerprint density at radius 2 is 1.82 bits per heavy atom. The summed E-state index contributed by atoms with van der Waals surface area (Å²) in [7, 11) is 5.33. The molecule has 1 saturated heterocycles. The molecule has 0 aromatic heterocycles. The van der Waals surface area contributed by atoms with E-state index in [0.717, 1.165) is 57.3 Å². The number of ether oxygens (including phenoxy) is 1. The maximum atomic E-state index is 12.2. The van der Waals surface area contributed by atoms with E-state index in [1.54, 1.807) is 26.0 Å². The fourth-order valence-electron chi connectivity index (χ4n) is 3.88. The molecule has 33 heavy (non-hydrogen) atoms. The van der Waals surface area contributed by atoms with Crippen LogP contribution in [0.1, 0.15) is 27.5 Å². The first-order chi connectivity index (χ1) is 15.6. The van der Waals surface area contributed by atoms with E-state index in [0.29, 0.717) is 5.56 Å². The summed E-state index contributed by atoms with van der Waals surface area (Å²) in [4.78, 5) is 20.6. The number of nitrogens with zero attached hydrogens (tertiary/aromatic N) is 3.